The van der Waals surface area contributed by atoms with Crippen molar-refractivity contribution in [3.8, 4) is 0 Å². The number of amidine groups is 1. The molecule has 1 aliphatic rings. The van der Waals surface area contributed by atoms with Gasteiger partial charge in [0.25, 0.3) is 0 Å². The second-order valence-electron chi connectivity index (χ2n) is 6.48. The number of aliphatic carboxylic acids is 1. The molecule has 7 nitrogen and oxygen atoms in total. The van der Waals surface area contributed by atoms with Crippen LogP contribution in [0.15, 0.2) is 54.3 Å². The first-order valence-corrected chi connectivity index (χ1v) is 8.47. The number of aliphatic hydroxyl groups excluding tert-OH is 1. The molecule has 0 atom stereocenters. The van der Waals surface area contributed by atoms with Gasteiger partial charge in [0.05, 0.1) is 29.6 Å². The molecule has 27 heavy (non-hydrogen) atoms. The maximum Gasteiger partial charge on any atom is 0.307 e. The first-order chi connectivity index (χ1) is 13.0. The second kappa shape index (κ2) is 6.28. The molecule has 0 aliphatic carbocycles. The van der Waals surface area contributed by atoms with Crippen LogP contribution >= 0.6 is 0 Å². The number of anilines is 1. The molecular weight excluding hydrogens is 344 g/mol. The number of hydrogen-bond acceptors (Lipinski definition) is 4. The Kier molecular flexibility index (Phi) is 3.92. The Morgan fingerprint density at radius 1 is 1.19 bits per heavy atom. The number of imidazole rings is 1. The number of aromatic nitrogens is 2. The van der Waals surface area contributed by atoms with Gasteiger partial charge >= 0.3 is 5.97 Å². The SMILES string of the molecule is Cn1c(C2=C(O)CN(c3ccc(CC(=O)O)cc3)C2=N)nc2ccccc21. The molecular formula is C20H18N4O3. The first-order valence-electron chi connectivity index (χ1n) is 8.47. The van der Waals surface area contributed by atoms with Gasteiger partial charge in [0.2, 0.25) is 0 Å². The van der Waals surface area contributed by atoms with Crippen molar-refractivity contribution in [3.63, 3.8) is 0 Å². The number of carbonyl (C=O) groups is 1. The van der Waals surface area contributed by atoms with Crippen LogP contribution in [-0.2, 0) is 18.3 Å². The fourth-order valence-corrected chi connectivity index (χ4v) is 3.37. The summed E-state index contributed by atoms with van der Waals surface area (Å²) in [7, 11) is 1.86. The molecule has 0 saturated carbocycles. The number of hydrogen-bond donors (Lipinski definition) is 3. The number of aliphatic hydroxyl groups is 1. The van der Waals surface area contributed by atoms with Crippen molar-refractivity contribution in [2.24, 2.45) is 7.05 Å². The van der Waals surface area contributed by atoms with E-state index in [-0.39, 0.29) is 24.6 Å². The zero-order valence-electron chi connectivity index (χ0n) is 14.7. The lowest BCUT2D eigenvalue weighted by Gasteiger charge is -2.19. The van der Waals surface area contributed by atoms with Crippen LogP contribution in [-0.4, -0.2) is 38.1 Å². The number of fused-ring (bicyclic) bond motifs is 1. The topological polar surface area (TPSA) is 102 Å². The second-order valence-corrected chi connectivity index (χ2v) is 6.48. The number of benzene rings is 2. The zero-order valence-corrected chi connectivity index (χ0v) is 14.7. The van der Waals surface area contributed by atoms with Crippen molar-refractivity contribution in [3.05, 3.63) is 65.7 Å². The van der Waals surface area contributed by atoms with Gasteiger partial charge in [-0.15, -0.1) is 0 Å². The molecule has 3 N–H and O–H groups in total. The van der Waals surface area contributed by atoms with Crippen molar-refractivity contribution in [2.45, 2.75) is 6.42 Å². The molecule has 0 fully saturated rings. The molecule has 1 aliphatic heterocycles. The minimum atomic E-state index is -0.889. The van der Waals surface area contributed by atoms with Gasteiger partial charge in [-0.25, -0.2) is 4.98 Å². The van der Waals surface area contributed by atoms with Gasteiger partial charge in [-0.05, 0) is 29.8 Å². The lowest BCUT2D eigenvalue weighted by molar-refractivity contribution is -0.136. The number of para-hydroxylation sites is 2. The minimum Gasteiger partial charge on any atom is -0.509 e. The van der Waals surface area contributed by atoms with Gasteiger partial charge in [-0.2, -0.15) is 0 Å². The van der Waals surface area contributed by atoms with Gasteiger partial charge in [-0.1, -0.05) is 24.3 Å². The Bertz CT molecular complexity index is 1100. The lowest BCUT2D eigenvalue weighted by Crippen LogP contribution is -2.26. The average Bonchev–Trinajstić information content (AvgIpc) is 3.12. The van der Waals surface area contributed by atoms with Crippen LogP contribution in [0.2, 0.25) is 0 Å². The molecule has 0 amide bonds. The maximum absolute atomic E-state index is 10.8. The number of carboxylic acids is 1. The molecule has 2 heterocycles. The van der Waals surface area contributed by atoms with Gasteiger partial charge in [0.1, 0.15) is 17.4 Å². The maximum atomic E-state index is 10.8. The van der Waals surface area contributed by atoms with E-state index in [1.807, 2.05) is 35.9 Å². The van der Waals surface area contributed by atoms with E-state index in [4.69, 9.17) is 10.5 Å². The van der Waals surface area contributed by atoms with E-state index >= 15 is 0 Å². The smallest absolute Gasteiger partial charge is 0.307 e. The number of nitrogens with zero attached hydrogens (tertiary/aromatic N) is 3. The van der Waals surface area contributed by atoms with Gasteiger partial charge in [-0.3, -0.25) is 10.2 Å². The van der Waals surface area contributed by atoms with Crippen molar-refractivity contribution in [1.29, 1.82) is 5.41 Å². The Morgan fingerprint density at radius 3 is 2.56 bits per heavy atom. The normalized spacial score (nSPS) is 14.4. The summed E-state index contributed by atoms with van der Waals surface area (Å²) in [4.78, 5) is 17.1. The van der Waals surface area contributed by atoms with Gasteiger partial charge < -0.3 is 19.7 Å². The summed E-state index contributed by atoms with van der Waals surface area (Å²) in [6.45, 7) is 0.176. The fraction of sp³-hybridized carbons (Fsp3) is 0.150. The fourth-order valence-electron chi connectivity index (χ4n) is 3.37. The molecule has 7 heteroatoms. The van der Waals surface area contributed by atoms with Crippen molar-refractivity contribution in [1.82, 2.24) is 9.55 Å². The predicted molar refractivity (Wildman–Crippen MR) is 103 cm³/mol. The van der Waals surface area contributed by atoms with Crippen molar-refractivity contribution < 1.29 is 15.0 Å². The molecule has 0 unspecified atom stereocenters. The standard InChI is InChI=1S/C20H18N4O3/c1-23-15-5-3-2-4-14(15)22-20(23)18-16(25)11-24(19(18)21)13-8-6-12(7-9-13)10-17(26)27/h2-9,21,25H,10-11H2,1H3,(H,26,27). The number of nitrogens with one attached hydrogen (secondary N) is 1. The van der Waals surface area contributed by atoms with Crippen LogP contribution in [0.3, 0.4) is 0 Å². The third-order valence-corrected chi connectivity index (χ3v) is 4.72. The van der Waals surface area contributed by atoms with Crippen LogP contribution in [0.4, 0.5) is 5.69 Å². The summed E-state index contributed by atoms with van der Waals surface area (Å²) >= 11 is 0. The van der Waals surface area contributed by atoms with Crippen molar-refractivity contribution >= 4 is 34.1 Å². The molecule has 0 spiro atoms. The number of aryl methyl sites for hydroxylation is 1. The van der Waals surface area contributed by atoms with E-state index in [0.29, 0.717) is 17.0 Å². The Hall–Kier alpha value is -3.61. The third kappa shape index (κ3) is 2.83. The van der Waals surface area contributed by atoms with Crippen LogP contribution in [0.5, 0.6) is 0 Å². The van der Waals surface area contributed by atoms with E-state index in [2.05, 4.69) is 4.98 Å². The first kappa shape index (κ1) is 16.8. The van der Waals surface area contributed by atoms with E-state index in [1.165, 1.54) is 0 Å². The summed E-state index contributed by atoms with van der Waals surface area (Å²) in [5, 5.41) is 28.0. The minimum absolute atomic E-state index is 0.0493. The Morgan fingerprint density at radius 2 is 1.89 bits per heavy atom. The summed E-state index contributed by atoms with van der Waals surface area (Å²) in [5.74, 6) is -0.0892. The third-order valence-electron chi connectivity index (χ3n) is 4.72. The molecule has 0 radical (unpaired) electrons. The van der Waals surface area contributed by atoms with E-state index in [0.717, 1.165) is 16.7 Å². The monoisotopic (exact) mass is 362 g/mol. The molecule has 136 valence electrons. The van der Waals surface area contributed by atoms with Crippen LogP contribution in [0.1, 0.15) is 11.4 Å². The van der Waals surface area contributed by atoms with Gasteiger partial charge in [0, 0.05) is 12.7 Å². The van der Waals surface area contributed by atoms with E-state index in [9.17, 15) is 9.90 Å². The highest BCUT2D eigenvalue weighted by Crippen LogP contribution is 2.32. The summed E-state index contributed by atoms with van der Waals surface area (Å²) < 4.78 is 1.87. The summed E-state index contributed by atoms with van der Waals surface area (Å²) in [6.07, 6.45) is -0.0493. The van der Waals surface area contributed by atoms with Crippen LogP contribution in [0, 0.1) is 5.41 Å². The molecule has 4 rings (SSSR count). The quantitative estimate of drug-likeness (QED) is 0.662. The molecule has 0 bridgehead atoms. The number of rotatable bonds is 4. The molecule has 0 saturated heterocycles. The predicted octanol–water partition coefficient (Wildman–Crippen LogP) is 2.97. The molecule has 3 aromatic rings. The van der Waals surface area contributed by atoms with E-state index < -0.39 is 5.97 Å². The van der Waals surface area contributed by atoms with Gasteiger partial charge in [0.15, 0.2) is 0 Å². The summed E-state index contributed by atoms with van der Waals surface area (Å²) in [5.41, 5.74) is 3.54. The van der Waals surface area contributed by atoms with Crippen LogP contribution in [0.25, 0.3) is 16.6 Å². The van der Waals surface area contributed by atoms with Crippen LogP contribution < -0.4 is 4.90 Å². The van der Waals surface area contributed by atoms with E-state index in [1.54, 1.807) is 29.2 Å². The molecule has 2 aromatic carbocycles. The highest BCUT2D eigenvalue weighted by molar-refractivity contribution is 6.30. The molecule has 1 aromatic heterocycles. The average molecular weight is 362 g/mol. The number of carboxylic acid groups (broad SMARTS) is 1. The summed E-state index contributed by atoms with van der Waals surface area (Å²) in [6, 6.07) is 14.6. The lowest BCUT2D eigenvalue weighted by atomic mass is 10.1. The Balaban J connectivity index is 1.67. The highest BCUT2D eigenvalue weighted by Gasteiger charge is 2.32. The largest absolute Gasteiger partial charge is 0.509 e. The zero-order chi connectivity index (χ0) is 19.1. The Labute approximate surface area is 155 Å². The van der Waals surface area contributed by atoms with Crippen molar-refractivity contribution in [2.75, 3.05) is 11.4 Å². The highest BCUT2D eigenvalue weighted by atomic mass is 16.4.